The maximum absolute atomic E-state index is 3.95. The monoisotopic (exact) mass is 441 g/mol. The van der Waals surface area contributed by atoms with E-state index in [0.717, 1.165) is 24.1 Å². The van der Waals surface area contributed by atoms with Crippen molar-refractivity contribution in [2.45, 2.75) is 79.1 Å². The number of benzene rings is 3. The second-order valence-electron chi connectivity index (χ2n) is 9.70. The molecule has 3 rings (SSSR count). The SMILES string of the molecule is C=Cc1cccc(N(c2ccc(C(C)(C)CC)cc2)c2ccc(C(C)(C)CC)cc2)c1.CC. The van der Waals surface area contributed by atoms with Crippen LogP contribution in [0, 0.1) is 0 Å². The molecule has 0 N–H and O–H groups in total. The molecule has 0 unspecified atom stereocenters. The zero-order valence-electron chi connectivity index (χ0n) is 22.1. The standard InChI is InChI=1S/C30H37N.C2H6/c1-8-23-12-11-13-28(22-23)31(26-18-14-24(15-19-26)29(4,5)9-2)27-20-16-25(17-21-27)30(6,7)10-3;1-2/h8,11-22H,1,9-10H2,2-7H3;1-2H3. The third-order valence-corrected chi connectivity index (χ3v) is 6.95. The van der Waals surface area contributed by atoms with Gasteiger partial charge in [-0.05, 0) is 76.8 Å². The highest BCUT2D eigenvalue weighted by molar-refractivity contribution is 5.78. The van der Waals surface area contributed by atoms with Gasteiger partial charge in [0.1, 0.15) is 0 Å². The highest BCUT2D eigenvalue weighted by Crippen LogP contribution is 2.38. The summed E-state index contributed by atoms with van der Waals surface area (Å²) in [5.41, 5.74) is 7.70. The summed E-state index contributed by atoms with van der Waals surface area (Å²) < 4.78 is 0. The quantitative estimate of drug-likeness (QED) is 0.336. The van der Waals surface area contributed by atoms with Crippen molar-refractivity contribution >= 4 is 23.1 Å². The molecule has 0 radical (unpaired) electrons. The van der Waals surface area contributed by atoms with E-state index in [2.05, 4.69) is 126 Å². The van der Waals surface area contributed by atoms with E-state index in [9.17, 15) is 0 Å². The first-order valence-electron chi connectivity index (χ1n) is 12.5. The first-order chi connectivity index (χ1) is 15.7. The van der Waals surface area contributed by atoms with Crippen LogP contribution in [-0.2, 0) is 10.8 Å². The van der Waals surface area contributed by atoms with E-state index in [0.29, 0.717) is 0 Å². The molecule has 0 aliphatic carbocycles. The average Bonchev–Trinajstić information content (AvgIpc) is 2.86. The summed E-state index contributed by atoms with van der Waals surface area (Å²) in [5.74, 6) is 0. The fraction of sp³-hybridized carbons (Fsp3) is 0.375. The predicted octanol–water partition coefficient (Wildman–Crippen LogP) is 10.2. The number of hydrogen-bond donors (Lipinski definition) is 0. The van der Waals surface area contributed by atoms with E-state index >= 15 is 0 Å². The summed E-state index contributed by atoms with van der Waals surface area (Å²) >= 11 is 0. The van der Waals surface area contributed by atoms with Crippen molar-refractivity contribution in [2.24, 2.45) is 0 Å². The zero-order chi connectivity index (χ0) is 24.6. The molecule has 176 valence electrons. The van der Waals surface area contributed by atoms with Crippen molar-refractivity contribution < 1.29 is 0 Å². The van der Waals surface area contributed by atoms with Gasteiger partial charge in [-0.15, -0.1) is 0 Å². The van der Waals surface area contributed by atoms with Gasteiger partial charge in [0.05, 0.1) is 0 Å². The molecule has 0 atom stereocenters. The van der Waals surface area contributed by atoms with Crippen molar-refractivity contribution in [1.82, 2.24) is 0 Å². The van der Waals surface area contributed by atoms with Gasteiger partial charge in [-0.1, -0.05) is 104 Å². The predicted molar refractivity (Wildman–Crippen MR) is 149 cm³/mol. The van der Waals surface area contributed by atoms with E-state index < -0.39 is 0 Å². The molecule has 0 spiro atoms. The Labute approximate surface area is 203 Å². The van der Waals surface area contributed by atoms with Crippen LogP contribution in [0.4, 0.5) is 17.1 Å². The average molecular weight is 442 g/mol. The van der Waals surface area contributed by atoms with Gasteiger partial charge >= 0.3 is 0 Å². The third kappa shape index (κ3) is 6.16. The molecule has 33 heavy (non-hydrogen) atoms. The fourth-order valence-electron chi connectivity index (χ4n) is 3.77. The van der Waals surface area contributed by atoms with Gasteiger partial charge in [0.15, 0.2) is 0 Å². The van der Waals surface area contributed by atoms with Crippen molar-refractivity contribution in [2.75, 3.05) is 4.90 Å². The number of hydrogen-bond acceptors (Lipinski definition) is 1. The van der Waals surface area contributed by atoms with Crippen molar-refractivity contribution in [3.05, 3.63) is 96.1 Å². The molecular formula is C32H43N. The summed E-state index contributed by atoms with van der Waals surface area (Å²) in [4.78, 5) is 2.33. The smallest absolute Gasteiger partial charge is 0.0467 e. The van der Waals surface area contributed by atoms with Gasteiger partial charge < -0.3 is 4.90 Å². The van der Waals surface area contributed by atoms with Gasteiger partial charge in [0.2, 0.25) is 0 Å². The normalized spacial score (nSPS) is 11.4. The lowest BCUT2D eigenvalue weighted by molar-refractivity contribution is 0.506. The second kappa shape index (κ2) is 11.4. The summed E-state index contributed by atoms with van der Waals surface area (Å²) in [7, 11) is 0. The minimum absolute atomic E-state index is 0.180. The van der Waals surface area contributed by atoms with E-state index in [4.69, 9.17) is 0 Å². The van der Waals surface area contributed by atoms with Gasteiger partial charge in [0.25, 0.3) is 0 Å². The molecule has 1 nitrogen and oxygen atoms in total. The summed E-state index contributed by atoms with van der Waals surface area (Å²) in [5, 5.41) is 0. The molecule has 0 amide bonds. The van der Waals surface area contributed by atoms with Crippen molar-refractivity contribution in [3.63, 3.8) is 0 Å². The number of rotatable bonds is 8. The van der Waals surface area contributed by atoms with E-state index in [1.165, 1.54) is 22.5 Å². The van der Waals surface area contributed by atoms with Crippen LogP contribution >= 0.6 is 0 Å². The molecule has 0 bridgehead atoms. The second-order valence-corrected chi connectivity index (χ2v) is 9.70. The van der Waals surface area contributed by atoms with Gasteiger partial charge in [-0.3, -0.25) is 0 Å². The van der Waals surface area contributed by atoms with Crippen LogP contribution in [0.5, 0.6) is 0 Å². The van der Waals surface area contributed by atoms with Crippen LogP contribution in [0.2, 0.25) is 0 Å². The maximum atomic E-state index is 3.95. The van der Waals surface area contributed by atoms with Crippen molar-refractivity contribution in [3.8, 4) is 0 Å². The molecule has 0 fully saturated rings. The molecule has 1 heteroatoms. The Morgan fingerprint density at radius 3 is 1.45 bits per heavy atom. The largest absolute Gasteiger partial charge is 0.310 e. The minimum atomic E-state index is 0.180. The number of nitrogens with zero attached hydrogens (tertiary/aromatic N) is 1. The van der Waals surface area contributed by atoms with Crippen LogP contribution in [0.1, 0.15) is 84.9 Å². The van der Waals surface area contributed by atoms with Crippen LogP contribution in [0.3, 0.4) is 0 Å². The van der Waals surface area contributed by atoms with E-state index in [1.54, 1.807) is 0 Å². The summed E-state index contributed by atoms with van der Waals surface area (Å²) in [6, 6.07) is 26.6. The molecular weight excluding hydrogens is 398 g/mol. The summed E-state index contributed by atoms with van der Waals surface area (Å²) in [6.07, 6.45) is 4.14. The van der Waals surface area contributed by atoms with Gasteiger partial charge in [0, 0.05) is 17.1 Å². The van der Waals surface area contributed by atoms with Crippen LogP contribution < -0.4 is 4.90 Å². The Balaban J connectivity index is 0.00000187. The Kier molecular flexibility index (Phi) is 9.11. The Morgan fingerprint density at radius 1 is 0.667 bits per heavy atom. The first kappa shape index (κ1) is 26.5. The lowest BCUT2D eigenvalue weighted by atomic mass is 9.82. The highest BCUT2D eigenvalue weighted by atomic mass is 15.1. The highest BCUT2D eigenvalue weighted by Gasteiger charge is 2.21. The molecule has 0 saturated heterocycles. The maximum Gasteiger partial charge on any atom is 0.0467 e. The molecule has 0 aliphatic rings. The molecule has 0 saturated carbocycles. The first-order valence-corrected chi connectivity index (χ1v) is 12.5. The van der Waals surface area contributed by atoms with E-state index in [-0.39, 0.29) is 10.8 Å². The number of anilines is 3. The molecule has 0 heterocycles. The molecule has 0 aromatic heterocycles. The van der Waals surface area contributed by atoms with Crippen LogP contribution in [0.15, 0.2) is 79.4 Å². The summed E-state index contributed by atoms with van der Waals surface area (Å²) in [6.45, 7) is 21.7. The Hall–Kier alpha value is -2.80. The van der Waals surface area contributed by atoms with Crippen molar-refractivity contribution in [1.29, 1.82) is 0 Å². The third-order valence-electron chi connectivity index (χ3n) is 6.95. The van der Waals surface area contributed by atoms with E-state index in [1.807, 2.05) is 19.9 Å². The van der Waals surface area contributed by atoms with Crippen LogP contribution in [-0.4, -0.2) is 0 Å². The zero-order valence-corrected chi connectivity index (χ0v) is 22.1. The lowest BCUT2D eigenvalue weighted by Gasteiger charge is -2.29. The minimum Gasteiger partial charge on any atom is -0.310 e. The lowest BCUT2D eigenvalue weighted by Crippen LogP contribution is -2.17. The topological polar surface area (TPSA) is 3.24 Å². The fourth-order valence-corrected chi connectivity index (χ4v) is 3.77. The Bertz CT molecular complexity index is 948. The van der Waals surface area contributed by atoms with Gasteiger partial charge in [-0.2, -0.15) is 0 Å². The molecule has 3 aromatic carbocycles. The Morgan fingerprint density at radius 2 is 1.09 bits per heavy atom. The molecule has 0 aliphatic heterocycles. The molecule has 3 aromatic rings. The van der Waals surface area contributed by atoms with Gasteiger partial charge in [-0.25, -0.2) is 0 Å². The van der Waals surface area contributed by atoms with Crippen LogP contribution in [0.25, 0.3) is 6.08 Å².